The number of benzene rings is 2. The topological polar surface area (TPSA) is 59.2 Å². The lowest BCUT2D eigenvalue weighted by Gasteiger charge is -2.17. The zero-order valence-corrected chi connectivity index (χ0v) is 17.2. The molecule has 0 unspecified atom stereocenters. The number of hydrogen-bond acceptors (Lipinski definition) is 5. The van der Waals surface area contributed by atoms with E-state index in [-0.39, 0.29) is 5.91 Å². The van der Waals surface area contributed by atoms with E-state index in [0.717, 1.165) is 45.4 Å². The molecule has 1 fully saturated rings. The van der Waals surface area contributed by atoms with Gasteiger partial charge in [0.15, 0.2) is 0 Å². The molecule has 0 atom stereocenters. The highest BCUT2D eigenvalue weighted by molar-refractivity contribution is 7.99. The molecule has 1 amide bonds. The zero-order valence-electron chi connectivity index (χ0n) is 16.4. The van der Waals surface area contributed by atoms with E-state index in [0.29, 0.717) is 11.7 Å². The molecule has 6 heteroatoms. The van der Waals surface area contributed by atoms with Crippen molar-refractivity contribution in [3.05, 3.63) is 53.9 Å². The fraction of sp³-hybridized carbons (Fsp3) is 0.348. The lowest BCUT2D eigenvalue weighted by molar-refractivity contribution is 0.0990. The molecule has 1 saturated carbocycles. The molecule has 2 heterocycles. The first kappa shape index (κ1) is 18.4. The van der Waals surface area contributed by atoms with Crippen LogP contribution in [0, 0.1) is 5.92 Å². The second kappa shape index (κ2) is 7.67. The van der Waals surface area contributed by atoms with E-state index in [1.165, 1.54) is 25.7 Å². The molecule has 1 aromatic heterocycles. The number of carbonyl (C=O) groups is 1. The third-order valence-corrected chi connectivity index (χ3v) is 7.05. The number of anilines is 1. The summed E-state index contributed by atoms with van der Waals surface area (Å²) in [5.74, 6) is 2.14. The maximum absolute atomic E-state index is 12.8. The quantitative estimate of drug-likeness (QED) is 0.565. The van der Waals surface area contributed by atoms with Crippen LogP contribution in [0.25, 0.3) is 11.4 Å². The van der Waals surface area contributed by atoms with Crippen molar-refractivity contribution in [3.63, 3.8) is 0 Å². The van der Waals surface area contributed by atoms with Gasteiger partial charge in [-0.05, 0) is 42.7 Å². The Bertz CT molecular complexity index is 1060. The summed E-state index contributed by atoms with van der Waals surface area (Å²) in [7, 11) is 1.82. The average Bonchev–Trinajstić information content (AvgIpc) is 3.42. The molecule has 2 aliphatic rings. The van der Waals surface area contributed by atoms with Gasteiger partial charge in [-0.3, -0.25) is 4.79 Å². The van der Waals surface area contributed by atoms with Gasteiger partial charge in [0.25, 0.3) is 5.91 Å². The molecule has 0 saturated heterocycles. The van der Waals surface area contributed by atoms with Gasteiger partial charge in [-0.25, -0.2) is 0 Å². The summed E-state index contributed by atoms with van der Waals surface area (Å²) in [6.45, 7) is 0. The van der Waals surface area contributed by atoms with Crippen molar-refractivity contribution in [1.82, 2.24) is 10.1 Å². The van der Waals surface area contributed by atoms with E-state index in [1.807, 2.05) is 43.4 Å². The lowest BCUT2D eigenvalue weighted by Crippen LogP contribution is -2.25. The summed E-state index contributed by atoms with van der Waals surface area (Å²) in [5, 5.41) is 4.21. The molecule has 1 aliphatic heterocycles. The number of nitrogens with zero attached hydrogens (tertiary/aromatic N) is 3. The van der Waals surface area contributed by atoms with Crippen molar-refractivity contribution in [3.8, 4) is 11.4 Å². The Morgan fingerprint density at radius 1 is 1.14 bits per heavy atom. The molecule has 5 rings (SSSR count). The van der Waals surface area contributed by atoms with Crippen LogP contribution in [-0.4, -0.2) is 23.1 Å². The van der Waals surface area contributed by atoms with Crippen LogP contribution in [0.15, 0.2) is 56.8 Å². The van der Waals surface area contributed by atoms with Crippen molar-refractivity contribution in [2.24, 2.45) is 5.92 Å². The minimum Gasteiger partial charge on any atom is -0.339 e. The first-order valence-corrected chi connectivity index (χ1v) is 11.0. The van der Waals surface area contributed by atoms with Gasteiger partial charge >= 0.3 is 0 Å². The highest BCUT2D eigenvalue weighted by Gasteiger charge is 2.25. The van der Waals surface area contributed by atoms with Crippen molar-refractivity contribution in [1.29, 1.82) is 0 Å². The summed E-state index contributed by atoms with van der Waals surface area (Å²) < 4.78 is 5.51. The van der Waals surface area contributed by atoms with Gasteiger partial charge in [-0.2, -0.15) is 4.98 Å². The second-order valence-electron chi connectivity index (χ2n) is 7.85. The average molecular weight is 406 g/mol. The van der Waals surface area contributed by atoms with Crippen molar-refractivity contribution < 1.29 is 9.32 Å². The molecular formula is C23H23N3O2S. The maximum Gasteiger partial charge on any atom is 0.259 e. The Kier molecular flexibility index (Phi) is 4.87. The Morgan fingerprint density at radius 3 is 2.83 bits per heavy atom. The molecule has 1 aliphatic carbocycles. The highest BCUT2D eigenvalue weighted by Crippen LogP contribution is 2.42. The van der Waals surface area contributed by atoms with Crippen LogP contribution in [0.3, 0.4) is 0 Å². The minimum absolute atomic E-state index is 0.00774. The van der Waals surface area contributed by atoms with Gasteiger partial charge in [0.2, 0.25) is 11.7 Å². The zero-order chi connectivity index (χ0) is 19.8. The van der Waals surface area contributed by atoms with Crippen molar-refractivity contribution in [2.75, 3.05) is 11.9 Å². The van der Waals surface area contributed by atoms with Gasteiger partial charge in [0.1, 0.15) is 0 Å². The smallest absolute Gasteiger partial charge is 0.259 e. The van der Waals surface area contributed by atoms with Crippen LogP contribution in [-0.2, 0) is 6.42 Å². The second-order valence-corrected chi connectivity index (χ2v) is 8.93. The normalized spacial score (nSPS) is 16.6. The summed E-state index contributed by atoms with van der Waals surface area (Å²) in [5.41, 5.74) is 2.53. The van der Waals surface area contributed by atoms with Gasteiger partial charge < -0.3 is 9.42 Å². The molecule has 5 nitrogen and oxygen atoms in total. The van der Waals surface area contributed by atoms with E-state index in [9.17, 15) is 4.79 Å². The van der Waals surface area contributed by atoms with E-state index < -0.39 is 0 Å². The Labute approximate surface area is 174 Å². The highest BCUT2D eigenvalue weighted by atomic mass is 32.2. The van der Waals surface area contributed by atoms with Gasteiger partial charge in [-0.1, -0.05) is 54.7 Å². The molecular weight excluding hydrogens is 382 g/mol. The number of fused-ring (bicyclic) bond motifs is 2. The third kappa shape index (κ3) is 3.57. The van der Waals surface area contributed by atoms with Gasteiger partial charge in [0, 0.05) is 28.8 Å². The summed E-state index contributed by atoms with van der Waals surface area (Å²) >= 11 is 1.60. The number of rotatable bonds is 4. The molecule has 148 valence electrons. The molecule has 3 aromatic rings. The predicted octanol–water partition coefficient (Wildman–Crippen LogP) is 5.60. The molecule has 0 spiro atoms. The number of aryl methyl sites for hydroxylation is 1. The molecule has 0 radical (unpaired) electrons. The van der Waals surface area contributed by atoms with E-state index in [4.69, 9.17) is 4.52 Å². The summed E-state index contributed by atoms with van der Waals surface area (Å²) in [4.78, 5) is 21.1. The minimum atomic E-state index is 0.00774. The van der Waals surface area contributed by atoms with E-state index in [2.05, 4.69) is 16.2 Å². The van der Waals surface area contributed by atoms with Crippen LogP contribution in [0.5, 0.6) is 0 Å². The third-order valence-electron chi connectivity index (χ3n) is 5.93. The van der Waals surface area contributed by atoms with Crippen molar-refractivity contribution >= 4 is 23.4 Å². The van der Waals surface area contributed by atoms with Crippen LogP contribution in [0.2, 0.25) is 0 Å². The SMILES string of the molecule is CN1C(=O)c2ccccc2Sc2cc(-c3noc(CCC4CCCC4)n3)ccc21. The summed E-state index contributed by atoms with van der Waals surface area (Å²) in [6.07, 6.45) is 7.35. The fourth-order valence-electron chi connectivity index (χ4n) is 4.25. The van der Waals surface area contributed by atoms with Gasteiger partial charge in [-0.15, -0.1) is 0 Å². The lowest BCUT2D eigenvalue weighted by atomic mass is 10.0. The monoisotopic (exact) mass is 405 g/mol. The number of aromatic nitrogens is 2. The van der Waals surface area contributed by atoms with E-state index in [1.54, 1.807) is 16.7 Å². The molecule has 29 heavy (non-hydrogen) atoms. The van der Waals surface area contributed by atoms with Crippen LogP contribution in [0.1, 0.15) is 48.4 Å². The Hall–Kier alpha value is -2.60. The maximum atomic E-state index is 12.8. The predicted molar refractivity (Wildman–Crippen MR) is 113 cm³/mol. The Balaban J connectivity index is 1.41. The number of amides is 1. The number of hydrogen-bond donors (Lipinski definition) is 0. The first-order valence-electron chi connectivity index (χ1n) is 10.2. The molecule has 2 aromatic carbocycles. The molecule has 0 N–H and O–H groups in total. The van der Waals surface area contributed by atoms with Crippen LogP contribution in [0.4, 0.5) is 5.69 Å². The Morgan fingerprint density at radius 2 is 1.97 bits per heavy atom. The standard InChI is InChI=1S/C23H23N3O2S/c1-26-18-12-11-16(14-20(18)29-19-9-5-4-8-17(19)23(26)27)22-24-21(28-25-22)13-10-15-6-2-3-7-15/h4-5,8-9,11-12,14-15H,2-3,6-7,10,13H2,1H3. The fourth-order valence-corrected chi connectivity index (χ4v) is 5.40. The first-order chi connectivity index (χ1) is 14.2. The van der Waals surface area contributed by atoms with E-state index >= 15 is 0 Å². The largest absolute Gasteiger partial charge is 0.339 e. The van der Waals surface area contributed by atoms with Crippen LogP contribution < -0.4 is 4.90 Å². The number of carbonyl (C=O) groups excluding carboxylic acids is 1. The van der Waals surface area contributed by atoms with Crippen LogP contribution >= 0.6 is 11.8 Å². The molecule has 0 bridgehead atoms. The summed E-state index contributed by atoms with van der Waals surface area (Å²) in [6, 6.07) is 13.7. The van der Waals surface area contributed by atoms with Gasteiger partial charge in [0.05, 0.1) is 11.3 Å². The van der Waals surface area contributed by atoms with Crippen molar-refractivity contribution in [2.45, 2.75) is 48.3 Å².